The SMILES string of the molecule is CC1CC=C(C=NNc2ccc([N+](=O)[O-])cc2[N+](=O)[O-])C(C)O1. The Hall–Kier alpha value is -2.81. The van der Waals surface area contributed by atoms with Gasteiger partial charge in [0.25, 0.3) is 5.69 Å². The van der Waals surface area contributed by atoms with Crippen molar-refractivity contribution in [3.63, 3.8) is 0 Å². The molecule has 23 heavy (non-hydrogen) atoms. The lowest BCUT2D eigenvalue weighted by Crippen LogP contribution is -2.24. The first-order valence-corrected chi connectivity index (χ1v) is 6.96. The van der Waals surface area contributed by atoms with Crippen molar-refractivity contribution in [1.82, 2.24) is 0 Å². The Morgan fingerprint density at radius 1 is 1.30 bits per heavy atom. The molecule has 0 aromatic heterocycles. The van der Waals surface area contributed by atoms with Crippen molar-refractivity contribution in [2.45, 2.75) is 32.5 Å². The van der Waals surface area contributed by atoms with Crippen LogP contribution in [0.25, 0.3) is 0 Å². The number of nitro benzene ring substituents is 2. The average molecular weight is 320 g/mol. The number of nitrogens with one attached hydrogen (secondary N) is 1. The van der Waals surface area contributed by atoms with Crippen LogP contribution < -0.4 is 5.43 Å². The van der Waals surface area contributed by atoms with Crippen molar-refractivity contribution < 1.29 is 14.6 Å². The predicted octanol–water partition coefficient (Wildman–Crippen LogP) is 3.02. The zero-order valence-corrected chi connectivity index (χ0v) is 12.6. The molecule has 0 fully saturated rings. The number of hydrogen-bond donors (Lipinski definition) is 1. The third-order valence-electron chi connectivity index (χ3n) is 3.38. The highest BCUT2D eigenvalue weighted by Crippen LogP contribution is 2.29. The summed E-state index contributed by atoms with van der Waals surface area (Å²) in [6.45, 7) is 3.86. The fourth-order valence-electron chi connectivity index (χ4n) is 2.16. The molecule has 9 heteroatoms. The summed E-state index contributed by atoms with van der Waals surface area (Å²) in [5.41, 5.74) is 2.73. The van der Waals surface area contributed by atoms with Crippen molar-refractivity contribution in [2.75, 3.05) is 5.43 Å². The van der Waals surface area contributed by atoms with Gasteiger partial charge in [-0.25, -0.2) is 0 Å². The molecule has 2 unspecified atom stereocenters. The molecule has 1 aromatic carbocycles. The molecule has 0 saturated carbocycles. The van der Waals surface area contributed by atoms with Crippen LogP contribution in [0.4, 0.5) is 17.1 Å². The first-order chi connectivity index (χ1) is 10.9. The number of nitro groups is 2. The standard InChI is InChI=1S/C14H16N4O5/c1-9-3-4-11(10(2)23-9)8-15-16-13-6-5-12(17(19)20)7-14(13)18(21)22/h4-10,16H,3H2,1-2H3. The van der Waals surface area contributed by atoms with E-state index in [1.807, 2.05) is 19.9 Å². The van der Waals surface area contributed by atoms with Crippen LogP contribution in [0.3, 0.4) is 0 Å². The van der Waals surface area contributed by atoms with Crippen molar-refractivity contribution in [3.05, 3.63) is 50.1 Å². The highest BCUT2D eigenvalue weighted by molar-refractivity contribution is 5.81. The number of non-ortho nitro benzene ring substituents is 1. The molecule has 1 N–H and O–H groups in total. The van der Waals surface area contributed by atoms with E-state index in [2.05, 4.69) is 10.5 Å². The molecular formula is C14H16N4O5. The molecule has 0 amide bonds. The van der Waals surface area contributed by atoms with E-state index in [9.17, 15) is 20.2 Å². The predicted molar refractivity (Wildman–Crippen MR) is 84.6 cm³/mol. The van der Waals surface area contributed by atoms with Gasteiger partial charge in [0.1, 0.15) is 5.69 Å². The minimum atomic E-state index is -0.696. The molecule has 9 nitrogen and oxygen atoms in total. The molecular weight excluding hydrogens is 304 g/mol. The molecule has 122 valence electrons. The van der Waals surface area contributed by atoms with Crippen LogP contribution in [0.5, 0.6) is 0 Å². The Kier molecular flexibility index (Phi) is 5.02. The summed E-state index contributed by atoms with van der Waals surface area (Å²) in [5.74, 6) is 0. The van der Waals surface area contributed by atoms with Gasteiger partial charge in [-0.1, -0.05) is 6.08 Å². The smallest absolute Gasteiger partial charge is 0.301 e. The average Bonchev–Trinajstić information content (AvgIpc) is 2.49. The number of hydrogen-bond acceptors (Lipinski definition) is 7. The number of ether oxygens (including phenoxy) is 1. The Bertz CT molecular complexity index is 686. The number of hydrazone groups is 1. The normalized spacial score (nSPS) is 21.0. The highest BCUT2D eigenvalue weighted by atomic mass is 16.6. The molecule has 1 aromatic rings. The second kappa shape index (κ2) is 6.97. The van der Waals surface area contributed by atoms with Crippen molar-refractivity contribution >= 4 is 23.3 Å². The maximum Gasteiger partial charge on any atom is 0.301 e. The summed E-state index contributed by atoms with van der Waals surface area (Å²) in [4.78, 5) is 20.3. The van der Waals surface area contributed by atoms with Crippen molar-refractivity contribution in [3.8, 4) is 0 Å². The van der Waals surface area contributed by atoms with Crippen LogP contribution in [0.1, 0.15) is 20.3 Å². The molecule has 1 heterocycles. The highest BCUT2D eigenvalue weighted by Gasteiger charge is 2.20. The molecule has 0 radical (unpaired) electrons. The van der Waals surface area contributed by atoms with E-state index >= 15 is 0 Å². The minimum absolute atomic E-state index is 0.0789. The lowest BCUT2D eigenvalue weighted by atomic mass is 10.1. The van der Waals surface area contributed by atoms with Crippen LogP contribution in [0.2, 0.25) is 0 Å². The first-order valence-electron chi connectivity index (χ1n) is 6.96. The van der Waals surface area contributed by atoms with E-state index in [0.717, 1.165) is 18.1 Å². The molecule has 1 aliphatic heterocycles. The van der Waals surface area contributed by atoms with Gasteiger partial charge in [0, 0.05) is 6.07 Å². The molecule has 0 saturated heterocycles. The van der Waals surface area contributed by atoms with Gasteiger partial charge in [-0.05, 0) is 31.9 Å². The quantitative estimate of drug-likeness (QED) is 0.506. The number of nitrogens with zero attached hydrogens (tertiary/aromatic N) is 3. The summed E-state index contributed by atoms with van der Waals surface area (Å²) < 4.78 is 5.64. The van der Waals surface area contributed by atoms with Gasteiger partial charge in [-0.3, -0.25) is 25.7 Å². The molecule has 0 bridgehead atoms. The van der Waals surface area contributed by atoms with Gasteiger partial charge in [0.15, 0.2) is 0 Å². The van der Waals surface area contributed by atoms with Gasteiger partial charge >= 0.3 is 5.69 Å². The summed E-state index contributed by atoms with van der Waals surface area (Å²) >= 11 is 0. The third kappa shape index (κ3) is 4.10. The molecule has 0 spiro atoms. The van der Waals surface area contributed by atoms with Crippen LogP contribution >= 0.6 is 0 Å². The van der Waals surface area contributed by atoms with E-state index < -0.39 is 15.5 Å². The summed E-state index contributed by atoms with van der Waals surface area (Å²) in [6.07, 6.45) is 4.32. The largest absolute Gasteiger partial charge is 0.371 e. The minimum Gasteiger partial charge on any atom is -0.371 e. The lowest BCUT2D eigenvalue weighted by Gasteiger charge is -2.24. The van der Waals surface area contributed by atoms with Gasteiger partial charge in [0.05, 0.1) is 34.3 Å². The second-order valence-electron chi connectivity index (χ2n) is 5.11. The van der Waals surface area contributed by atoms with Gasteiger partial charge in [-0.15, -0.1) is 0 Å². The number of benzene rings is 1. The van der Waals surface area contributed by atoms with Crippen LogP contribution in [0.15, 0.2) is 34.9 Å². The van der Waals surface area contributed by atoms with E-state index in [1.165, 1.54) is 18.3 Å². The maximum absolute atomic E-state index is 11.0. The van der Waals surface area contributed by atoms with Crippen molar-refractivity contribution in [2.24, 2.45) is 5.10 Å². The Labute approximate surface area is 131 Å². The van der Waals surface area contributed by atoms with Crippen LogP contribution in [-0.2, 0) is 4.74 Å². The fraction of sp³-hybridized carbons (Fsp3) is 0.357. The zero-order valence-electron chi connectivity index (χ0n) is 12.6. The second-order valence-corrected chi connectivity index (χ2v) is 5.11. The first kappa shape index (κ1) is 16.6. The topological polar surface area (TPSA) is 120 Å². The summed E-state index contributed by atoms with van der Waals surface area (Å²) in [6, 6.07) is 3.33. The number of rotatable bonds is 5. The van der Waals surface area contributed by atoms with E-state index in [-0.39, 0.29) is 23.6 Å². The Morgan fingerprint density at radius 3 is 2.65 bits per heavy atom. The summed E-state index contributed by atoms with van der Waals surface area (Å²) in [7, 11) is 0. The van der Waals surface area contributed by atoms with Gasteiger partial charge in [0.2, 0.25) is 0 Å². The molecule has 0 aliphatic carbocycles. The van der Waals surface area contributed by atoms with E-state index in [1.54, 1.807) is 0 Å². The van der Waals surface area contributed by atoms with Crippen LogP contribution in [0, 0.1) is 20.2 Å². The summed E-state index contributed by atoms with van der Waals surface area (Å²) in [5, 5.41) is 25.7. The fourth-order valence-corrected chi connectivity index (χ4v) is 2.16. The lowest BCUT2D eigenvalue weighted by molar-refractivity contribution is -0.393. The van der Waals surface area contributed by atoms with Crippen molar-refractivity contribution in [1.29, 1.82) is 0 Å². The molecule has 2 atom stereocenters. The Morgan fingerprint density at radius 2 is 2.04 bits per heavy atom. The maximum atomic E-state index is 11.0. The molecule has 2 rings (SSSR count). The molecule has 1 aliphatic rings. The van der Waals surface area contributed by atoms with E-state index in [0.29, 0.717) is 0 Å². The third-order valence-corrected chi connectivity index (χ3v) is 3.38. The zero-order chi connectivity index (χ0) is 17.0. The van der Waals surface area contributed by atoms with Gasteiger partial charge in [-0.2, -0.15) is 5.10 Å². The Balaban J connectivity index is 2.15. The number of anilines is 1. The van der Waals surface area contributed by atoms with Crippen LogP contribution in [-0.4, -0.2) is 28.3 Å². The van der Waals surface area contributed by atoms with E-state index in [4.69, 9.17) is 4.74 Å². The van der Waals surface area contributed by atoms with Gasteiger partial charge < -0.3 is 4.74 Å². The monoisotopic (exact) mass is 320 g/mol.